The number of pyridine rings is 1. The number of anilines is 1. The van der Waals surface area contributed by atoms with Crippen molar-refractivity contribution in [1.82, 2.24) is 20.1 Å². The molecule has 10 heteroatoms. The average molecular weight is 369 g/mol. The molecule has 1 saturated heterocycles. The number of aryl methyl sites for hydroxylation is 1. The second kappa shape index (κ2) is 6.85. The number of carbonyl (C=O) groups excluding carboxylic acids is 1. The lowest BCUT2D eigenvalue weighted by atomic mass is 10.2. The van der Waals surface area contributed by atoms with Crippen LogP contribution in [0.15, 0.2) is 24.5 Å². The van der Waals surface area contributed by atoms with E-state index in [0.29, 0.717) is 30.9 Å². The summed E-state index contributed by atoms with van der Waals surface area (Å²) in [6, 6.07) is 2.21. The van der Waals surface area contributed by atoms with Gasteiger partial charge in [0.15, 0.2) is 0 Å². The van der Waals surface area contributed by atoms with Crippen molar-refractivity contribution in [2.24, 2.45) is 7.05 Å². The molecule has 0 spiro atoms. The van der Waals surface area contributed by atoms with Gasteiger partial charge in [-0.25, -0.2) is 4.98 Å². The van der Waals surface area contributed by atoms with E-state index in [-0.39, 0.29) is 17.8 Å². The van der Waals surface area contributed by atoms with Crippen molar-refractivity contribution in [2.45, 2.75) is 18.6 Å². The number of alkyl halides is 3. The maximum Gasteiger partial charge on any atom is 0.417 e. The van der Waals surface area contributed by atoms with E-state index in [1.165, 1.54) is 17.9 Å². The van der Waals surface area contributed by atoms with Gasteiger partial charge in [0.2, 0.25) is 5.88 Å². The molecule has 0 aliphatic carbocycles. The average Bonchev–Trinajstić information content (AvgIpc) is 3.20. The molecule has 0 saturated carbocycles. The number of nitrogens with one attached hydrogen (secondary N) is 1. The van der Waals surface area contributed by atoms with E-state index in [4.69, 9.17) is 4.74 Å². The summed E-state index contributed by atoms with van der Waals surface area (Å²) in [5.74, 6) is 0.389. The van der Waals surface area contributed by atoms with Gasteiger partial charge in [-0.3, -0.25) is 9.48 Å². The molecule has 1 aliphatic heterocycles. The van der Waals surface area contributed by atoms with E-state index >= 15 is 0 Å². The number of ether oxygens (including phenoxy) is 1. The molecular weight excluding hydrogens is 351 g/mol. The van der Waals surface area contributed by atoms with Gasteiger partial charge >= 0.3 is 6.18 Å². The molecule has 26 heavy (non-hydrogen) atoms. The third-order valence-corrected chi connectivity index (χ3v) is 4.16. The highest BCUT2D eigenvalue weighted by Gasteiger charge is 2.32. The highest BCUT2D eigenvalue weighted by atomic mass is 19.4. The van der Waals surface area contributed by atoms with E-state index in [1.807, 2.05) is 4.90 Å². The van der Waals surface area contributed by atoms with Crippen LogP contribution < -0.4 is 15.0 Å². The highest BCUT2D eigenvalue weighted by molar-refractivity contribution is 5.96. The zero-order valence-electron chi connectivity index (χ0n) is 14.2. The van der Waals surface area contributed by atoms with E-state index in [0.717, 1.165) is 12.3 Å². The molecular formula is C16H18F3N5O2. The van der Waals surface area contributed by atoms with Crippen LogP contribution >= 0.6 is 0 Å². The Labute approximate surface area is 147 Å². The minimum atomic E-state index is -4.41. The van der Waals surface area contributed by atoms with Crippen LogP contribution in [0.3, 0.4) is 0 Å². The third-order valence-electron chi connectivity index (χ3n) is 4.16. The van der Waals surface area contributed by atoms with Crippen molar-refractivity contribution in [1.29, 1.82) is 0 Å². The first-order valence-corrected chi connectivity index (χ1v) is 7.94. The second-order valence-corrected chi connectivity index (χ2v) is 6.03. The molecule has 0 radical (unpaired) electrons. The topological polar surface area (TPSA) is 72.3 Å². The Balaban J connectivity index is 1.62. The predicted octanol–water partition coefficient (Wildman–Crippen LogP) is 1.85. The van der Waals surface area contributed by atoms with Crippen LogP contribution in [0, 0.1) is 0 Å². The lowest BCUT2D eigenvalue weighted by Gasteiger charge is -2.18. The quantitative estimate of drug-likeness (QED) is 0.891. The van der Waals surface area contributed by atoms with Gasteiger partial charge in [-0.1, -0.05) is 0 Å². The smallest absolute Gasteiger partial charge is 0.417 e. The van der Waals surface area contributed by atoms with Crippen LogP contribution in [0.5, 0.6) is 5.88 Å². The Hall–Kier alpha value is -2.78. The largest absolute Gasteiger partial charge is 0.479 e. The van der Waals surface area contributed by atoms with Gasteiger partial charge in [0, 0.05) is 38.6 Å². The highest BCUT2D eigenvalue weighted by Crippen LogP contribution is 2.30. The standard InChI is InChI=1S/C16H18F3N5O2/c1-23-9-12(15(22-23)26-2)14(25)21-11-5-6-24(8-11)13-4-3-10(7-20-13)16(17,18)19/h3-4,7,9,11H,5-6,8H2,1-2H3,(H,21,25). The van der Waals surface area contributed by atoms with Crippen molar-refractivity contribution < 1.29 is 22.7 Å². The van der Waals surface area contributed by atoms with Crippen LogP contribution in [0.4, 0.5) is 19.0 Å². The molecule has 2 aromatic rings. The number of hydrogen-bond donors (Lipinski definition) is 1. The van der Waals surface area contributed by atoms with Crippen molar-refractivity contribution >= 4 is 11.7 Å². The summed E-state index contributed by atoms with van der Waals surface area (Å²) in [4.78, 5) is 18.1. The van der Waals surface area contributed by atoms with Gasteiger partial charge in [0.25, 0.3) is 5.91 Å². The fraction of sp³-hybridized carbons (Fsp3) is 0.438. The minimum Gasteiger partial charge on any atom is -0.479 e. The number of hydrogen-bond acceptors (Lipinski definition) is 5. The Morgan fingerprint density at radius 1 is 1.38 bits per heavy atom. The third kappa shape index (κ3) is 3.73. The number of nitrogens with zero attached hydrogens (tertiary/aromatic N) is 4. The Morgan fingerprint density at radius 2 is 2.15 bits per heavy atom. The molecule has 3 heterocycles. The first kappa shape index (κ1) is 18.0. The summed E-state index contributed by atoms with van der Waals surface area (Å²) < 4.78 is 44.4. The lowest BCUT2D eigenvalue weighted by Crippen LogP contribution is -2.37. The summed E-state index contributed by atoms with van der Waals surface area (Å²) in [5, 5.41) is 6.93. The van der Waals surface area contributed by atoms with Gasteiger partial charge in [-0.2, -0.15) is 13.2 Å². The molecule has 3 rings (SSSR count). The van der Waals surface area contributed by atoms with Crippen molar-refractivity contribution in [3.05, 3.63) is 35.7 Å². The van der Waals surface area contributed by atoms with Crippen LogP contribution in [-0.2, 0) is 13.2 Å². The SMILES string of the molecule is COc1nn(C)cc1C(=O)NC1CCN(c2ccc(C(F)(F)F)cn2)C1. The molecule has 1 unspecified atom stereocenters. The first-order chi connectivity index (χ1) is 12.3. The zero-order valence-corrected chi connectivity index (χ0v) is 14.2. The number of carbonyl (C=O) groups is 1. The number of amides is 1. The molecule has 0 bridgehead atoms. The summed E-state index contributed by atoms with van der Waals surface area (Å²) in [5.41, 5.74) is -0.449. The number of aromatic nitrogens is 3. The summed E-state index contributed by atoms with van der Waals surface area (Å²) in [7, 11) is 3.12. The van der Waals surface area contributed by atoms with Crippen LogP contribution in [0.2, 0.25) is 0 Å². The fourth-order valence-corrected chi connectivity index (χ4v) is 2.86. The van der Waals surface area contributed by atoms with Gasteiger partial charge in [-0.15, -0.1) is 5.10 Å². The number of methoxy groups -OCH3 is 1. The van der Waals surface area contributed by atoms with E-state index in [2.05, 4.69) is 15.4 Å². The molecule has 7 nitrogen and oxygen atoms in total. The first-order valence-electron chi connectivity index (χ1n) is 7.94. The van der Waals surface area contributed by atoms with Crippen molar-refractivity contribution in [3.8, 4) is 5.88 Å². The summed E-state index contributed by atoms with van der Waals surface area (Å²) >= 11 is 0. The predicted molar refractivity (Wildman–Crippen MR) is 87.1 cm³/mol. The van der Waals surface area contributed by atoms with Crippen molar-refractivity contribution in [2.75, 3.05) is 25.1 Å². The number of rotatable bonds is 4. The van der Waals surface area contributed by atoms with Gasteiger partial charge < -0.3 is 15.0 Å². The lowest BCUT2D eigenvalue weighted by molar-refractivity contribution is -0.137. The van der Waals surface area contributed by atoms with E-state index < -0.39 is 11.7 Å². The van der Waals surface area contributed by atoms with Crippen LogP contribution in [0.1, 0.15) is 22.3 Å². The molecule has 1 fully saturated rings. The monoisotopic (exact) mass is 369 g/mol. The van der Waals surface area contributed by atoms with Gasteiger partial charge in [0.1, 0.15) is 11.4 Å². The van der Waals surface area contributed by atoms with Gasteiger partial charge in [-0.05, 0) is 18.6 Å². The molecule has 1 aliphatic rings. The second-order valence-electron chi connectivity index (χ2n) is 6.03. The van der Waals surface area contributed by atoms with E-state index in [9.17, 15) is 18.0 Å². The molecule has 1 amide bonds. The fourth-order valence-electron chi connectivity index (χ4n) is 2.86. The van der Waals surface area contributed by atoms with Crippen LogP contribution in [0.25, 0.3) is 0 Å². The summed E-state index contributed by atoms with van der Waals surface area (Å²) in [6.45, 7) is 1.06. The summed E-state index contributed by atoms with van der Waals surface area (Å²) in [6.07, 6.45) is -1.35. The normalized spacial score (nSPS) is 17.4. The van der Waals surface area contributed by atoms with Crippen LogP contribution in [-0.4, -0.2) is 46.9 Å². The van der Waals surface area contributed by atoms with E-state index in [1.54, 1.807) is 13.2 Å². The minimum absolute atomic E-state index is 0.142. The maximum atomic E-state index is 12.6. The Kier molecular flexibility index (Phi) is 4.75. The Bertz CT molecular complexity index is 788. The molecule has 2 aromatic heterocycles. The molecule has 1 N–H and O–H groups in total. The number of halogens is 3. The zero-order chi connectivity index (χ0) is 18.9. The maximum absolute atomic E-state index is 12.6. The molecule has 140 valence electrons. The molecule has 0 aromatic carbocycles. The van der Waals surface area contributed by atoms with Crippen molar-refractivity contribution in [3.63, 3.8) is 0 Å². The molecule has 1 atom stereocenters. The van der Waals surface area contributed by atoms with Gasteiger partial charge in [0.05, 0.1) is 12.7 Å². The Morgan fingerprint density at radius 3 is 2.77 bits per heavy atom.